The van der Waals surface area contributed by atoms with Crippen LogP contribution in [-0.2, 0) is 6.42 Å². The van der Waals surface area contributed by atoms with Crippen molar-refractivity contribution in [3.63, 3.8) is 0 Å². The third kappa shape index (κ3) is 3.14. The molecule has 1 unspecified atom stereocenters. The van der Waals surface area contributed by atoms with Crippen LogP contribution in [0.15, 0.2) is 67.4 Å². The van der Waals surface area contributed by atoms with Crippen molar-refractivity contribution in [3.8, 4) is 11.3 Å². The number of hydrogen-bond donors (Lipinski definition) is 1. The molecule has 0 radical (unpaired) electrons. The SMILES string of the molecule is Cc1ncc(C(=O)N2CCc3[nH]cnc3C2c2cccnc2)c(-c2ccccc2)n1. The first-order valence-corrected chi connectivity index (χ1v) is 9.84. The molecule has 0 saturated heterocycles. The summed E-state index contributed by atoms with van der Waals surface area (Å²) in [5.41, 5.74) is 4.86. The van der Waals surface area contributed by atoms with Gasteiger partial charge in [-0.1, -0.05) is 36.4 Å². The number of benzene rings is 1. The van der Waals surface area contributed by atoms with Crippen molar-refractivity contribution in [2.75, 3.05) is 6.54 Å². The summed E-state index contributed by atoms with van der Waals surface area (Å²) in [4.78, 5) is 36.6. The van der Waals surface area contributed by atoms with Gasteiger partial charge in [0.05, 0.1) is 23.3 Å². The van der Waals surface area contributed by atoms with E-state index in [9.17, 15) is 4.79 Å². The number of aryl methyl sites for hydroxylation is 1. The predicted molar refractivity (Wildman–Crippen MR) is 112 cm³/mol. The molecular weight excluding hydrogens is 376 g/mol. The van der Waals surface area contributed by atoms with Gasteiger partial charge in [-0.25, -0.2) is 15.0 Å². The van der Waals surface area contributed by atoms with Crippen LogP contribution < -0.4 is 0 Å². The van der Waals surface area contributed by atoms with Crippen molar-refractivity contribution in [2.45, 2.75) is 19.4 Å². The van der Waals surface area contributed by atoms with Crippen LogP contribution in [0, 0.1) is 6.92 Å². The molecule has 1 aromatic carbocycles. The first-order chi connectivity index (χ1) is 14.7. The summed E-state index contributed by atoms with van der Waals surface area (Å²) in [7, 11) is 0. The molecule has 0 saturated carbocycles. The molecule has 4 heterocycles. The van der Waals surface area contributed by atoms with E-state index in [1.165, 1.54) is 0 Å². The number of fused-ring (bicyclic) bond motifs is 1. The zero-order chi connectivity index (χ0) is 20.5. The quantitative estimate of drug-likeness (QED) is 0.574. The Bertz CT molecular complexity index is 1190. The molecule has 30 heavy (non-hydrogen) atoms. The van der Waals surface area contributed by atoms with Crippen molar-refractivity contribution < 1.29 is 4.79 Å². The van der Waals surface area contributed by atoms with Gasteiger partial charge >= 0.3 is 0 Å². The minimum absolute atomic E-state index is 0.114. The molecule has 0 aliphatic carbocycles. The maximum absolute atomic E-state index is 13.8. The Morgan fingerprint density at radius 1 is 1.10 bits per heavy atom. The molecule has 7 nitrogen and oxygen atoms in total. The lowest BCUT2D eigenvalue weighted by molar-refractivity contribution is 0.0690. The first kappa shape index (κ1) is 18.2. The number of nitrogens with one attached hydrogen (secondary N) is 1. The van der Waals surface area contributed by atoms with Gasteiger partial charge in [0.15, 0.2) is 0 Å². The van der Waals surface area contributed by atoms with Gasteiger partial charge in [0.25, 0.3) is 5.91 Å². The van der Waals surface area contributed by atoms with Gasteiger partial charge in [-0.05, 0) is 18.6 Å². The van der Waals surface area contributed by atoms with E-state index in [0.717, 1.165) is 22.5 Å². The summed E-state index contributed by atoms with van der Waals surface area (Å²) in [6.45, 7) is 2.39. The average molecular weight is 396 g/mol. The normalized spacial score (nSPS) is 15.6. The minimum atomic E-state index is -0.314. The monoisotopic (exact) mass is 396 g/mol. The van der Waals surface area contributed by atoms with Crippen molar-refractivity contribution in [2.24, 2.45) is 0 Å². The smallest absolute Gasteiger partial charge is 0.258 e. The Kier molecular flexibility index (Phi) is 4.55. The van der Waals surface area contributed by atoms with Gasteiger partial charge in [0.1, 0.15) is 11.9 Å². The van der Waals surface area contributed by atoms with Gasteiger partial charge in [-0.2, -0.15) is 0 Å². The van der Waals surface area contributed by atoms with Crippen LogP contribution in [0.3, 0.4) is 0 Å². The van der Waals surface area contributed by atoms with E-state index in [-0.39, 0.29) is 11.9 Å². The summed E-state index contributed by atoms with van der Waals surface area (Å²) in [5.74, 6) is 0.513. The molecule has 1 N–H and O–H groups in total. The number of H-pyrrole nitrogens is 1. The van der Waals surface area contributed by atoms with Crippen molar-refractivity contribution in [1.29, 1.82) is 0 Å². The molecule has 0 spiro atoms. The molecule has 1 amide bonds. The molecular formula is C23H20N6O. The number of carbonyl (C=O) groups is 1. The van der Waals surface area contributed by atoms with Crippen molar-refractivity contribution >= 4 is 5.91 Å². The van der Waals surface area contributed by atoms with Gasteiger partial charge in [0.2, 0.25) is 0 Å². The molecule has 5 rings (SSSR count). The lowest BCUT2D eigenvalue weighted by atomic mass is 9.95. The maximum atomic E-state index is 13.8. The van der Waals surface area contributed by atoms with E-state index in [0.29, 0.717) is 30.0 Å². The number of rotatable bonds is 3. The van der Waals surface area contributed by atoms with Crippen molar-refractivity contribution in [3.05, 3.63) is 95.7 Å². The van der Waals surface area contributed by atoms with Gasteiger partial charge < -0.3 is 9.88 Å². The number of aromatic amines is 1. The molecule has 3 aromatic heterocycles. The number of pyridine rings is 1. The summed E-state index contributed by atoms with van der Waals surface area (Å²) >= 11 is 0. The number of imidazole rings is 1. The fraction of sp³-hybridized carbons (Fsp3) is 0.174. The highest BCUT2D eigenvalue weighted by atomic mass is 16.2. The zero-order valence-corrected chi connectivity index (χ0v) is 16.5. The zero-order valence-electron chi connectivity index (χ0n) is 16.5. The highest BCUT2D eigenvalue weighted by molar-refractivity contribution is 6.00. The number of aromatic nitrogens is 5. The van der Waals surface area contributed by atoms with E-state index in [2.05, 4.69) is 24.9 Å². The Morgan fingerprint density at radius 2 is 1.97 bits per heavy atom. The van der Waals surface area contributed by atoms with Crippen LogP contribution in [-0.4, -0.2) is 42.3 Å². The van der Waals surface area contributed by atoms with Crippen LogP contribution in [0.2, 0.25) is 0 Å². The van der Waals surface area contributed by atoms with E-state index >= 15 is 0 Å². The molecule has 0 bridgehead atoms. The summed E-state index contributed by atoms with van der Waals surface area (Å²) in [6.07, 6.45) is 7.55. The van der Waals surface area contributed by atoms with E-state index in [4.69, 9.17) is 0 Å². The lowest BCUT2D eigenvalue weighted by Crippen LogP contribution is -2.41. The van der Waals surface area contributed by atoms with Gasteiger partial charge in [-0.15, -0.1) is 0 Å². The van der Waals surface area contributed by atoms with Crippen LogP contribution >= 0.6 is 0 Å². The third-order valence-corrected chi connectivity index (χ3v) is 5.37. The van der Waals surface area contributed by atoms with Gasteiger partial charge in [0, 0.05) is 42.8 Å². The second kappa shape index (κ2) is 7.51. The second-order valence-corrected chi connectivity index (χ2v) is 7.25. The highest BCUT2D eigenvalue weighted by Crippen LogP contribution is 2.35. The number of amides is 1. The second-order valence-electron chi connectivity index (χ2n) is 7.25. The first-order valence-electron chi connectivity index (χ1n) is 9.84. The fourth-order valence-corrected chi connectivity index (χ4v) is 3.97. The molecule has 1 atom stereocenters. The number of hydrogen-bond acceptors (Lipinski definition) is 5. The number of nitrogens with zero attached hydrogens (tertiary/aromatic N) is 5. The van der Waals surface area contributed by atoms with Crippen LogP contribution in [0.25, 0.3) is 11.3 Å². The molecule has 7 heteroatoms. The topological polar surface area (TPSA) is 87.7 Å². The average Bonchev–Trinajstić information content (AvgIpc) is 3.28. The molecule has 1 aliphatic rings. The Balaban J connectivity index is 1.61. The summed E-state index contributed by atoms with van der Waals surface area (Å²) < 4.78 is 0. The fourth-order valence-electron chi connectivity index (χ4n) is 3.97. The number of carbonyl (C=O) groups excluding carboxylic acids is 1. The van der Waals surface area contributed by atoms with E-state index in [1.807, 2.05) is 54.3 Å². The minimum Gasteiger partial charge on any atom is -0.348 e. The molecule has 0 fully saturated rings. The standard InChI is InChI=1S/C23H20N6O/c1-15-25-13-18(20(28-15)16-6-3-2-4-7-16)23(30)29-11-9-19-21(27-14-26-19)22(29)17-8-5-10-24-12-17/h2-8,10,12-14,22H,9,11H2,1H3,(H,26,27). The van der Waals surface area contributed by atoms with Crippen LogP contribution in [0.5, 0.6) is 0 Å². The highest BCUT2D eigenvalue weighted by Gasteiger charge is 2.35. The summed E-state index contributed by atoms with van der Waals surface area (Å²) in [6, 6.07) is 13.3. The van der Waals surface area contributed by atoms with Crippen LogP contribution in [0.1, 0.15) is 39.2 Å². The molecule has 1 aliphatic heterocycles. The van der Waals surface area contributed by atoms with Crippen LogP contribution in [0.4, 0.5) is 0 Å². The van der Waals surface area contributed by atoms with Crippen molar-refractivity contribution in [1.82, 2.24) is 29.8 Å². The molecule has 148 valence electrons. The van der Waals surface area contributed by atoms with E-state index < -0.39 is 0 Å². The van der Waals surface area contributed by atoms with E-state index in [1.54, 1.807) is 24.9 Å². The third-order valence-electron chi connectivity index (χ3n) is 5.37. The Morgan fingerprint density at radius 3 is 2.77 bits per heavy atom. The Labute approximate surface area is 173 Å². The molecule has 4 aromatic rings. The summed E-state index contributed by atoms with van der Waals surface area (Å²) in [5, 5.41) is 0. The lowest BCUT2D eigenvalue weighted by Gasteiger charge is -2.35. The Hall–Kier alpha value is -3.87. The predicted octanol–water partition coefficient (Wildman–Crippen LogP) is 3.36. The largest absolute Gasteiger partial charge is 0.348 e. The van der Waals surface area contributed by atoms with Gasteiger partial charge in [-0.3, -0.25) is 9.78 Å². The maximum Gasteiger partial charge on any atom is 0.258 e.